The van der Waals surface area contributed by atoms with Crippen LogP contribution in [0, 0.1) is 19.7 Å². The number of carbonyl (C=O) groups excluding carboxylic acids is 1. The Bertz CT molecular complexity index is 1780. The Morgan fingerprint density at radius 3 is 2.36 bits per heavy atom. The summed E-state index contributed by atoms with van der Waals surface area (Å²) >= 11 is 0. The van der Waals surface area contributed by atoms with E-state index in [9.17, 15) is 9.18 Å². The number of likely N-dealkylation sites (tertiary alicyclic amines) is 1. The molecule has 1 fully saturated rings. The SMILES string of the molecule is C/C=C(/c1ccc(C)cc1)c1ccc(C(=O)N2CCC(c3nc4ccccc4n3Cc3cccc(F)c3)CC2)cc1C. The Morgan fingerprint density at radius 1 is 0.905 bits per heavy atom. The van der Waals surface area contributed by atoms with Crippen molar-refractivity contribution >= 4 is 22.5 Å². The maximum Gasteiger partial charge on any atom is 0.253 e. The van der Waals surface area contributed by atoms with Crippen molar-refractivity contribution in [1.82, 2.24) is 14.5 Å². The standard InChI is InChI=1S/C37H36FN3O/c1-4-32(28-14-12-25(2)13-15-28)33-17-16-30(22-26(33)3)37(42)40-20-18-29(19-21-40)36-39-34-10-5-6-11-35(34)41(36)24-27-8-7-9-31(38)23-27/h4-17,22-23,29H,18-21,24H2,1-3H3/b32-4-. The highest BCUT2D eigenvalue weighted by Crippen LogP contribution is 2.32. The molecule has 0 bridgehead atoms. The predicted octanol–water partition coefficient (Wildman–Crippen LogP) is 8.31. The lowest BCUT2D eigenvalue weighted by atomic mass is 9.92. The summed E-state index contributed by atoms with van der Waals surface area (Å²) in [5.41, 5.74) is 9.47. The molecule has 0 atom stereocenters. The van der Waals surface area contributed by atoms with E-state index in [1.807, 2.05) is 41.3 Å². The van der Waals surface area contributed by atoms with Gasteiger partial charge >= 0.3 is 0 Å². The van der Waals surface area contributed by atoms with Gasteiger partial charge < -0.3 is 9.47 Å². The van der Waals surface area contributed by atoms with E-state index in [2.05, 4.69) is 67.8 Å². The van der Waals surface area contributed by atoms with Gasteiger partial charge in [-0.1, -0.05) is 66.2 Å². The number of aryl methyl sites for hydroxylation is 2. The van der Waals surface area contributed by atoms with Gasteiger partial charge in [0.25, 0.3) is 5.91 Å². The predicted molar refractivity (Wildman–Crippen MR) is 168 cm³/mol. The Hall–Kier alpha value is -4.51. The van der Waals surface area contributed by atoms with Crippen molar-refractivity contribution in [3.8, 4) is 0 Å². The van der Waals surface area contributed by atoms with E-state index in [1.54, 1.807) is 12.1 Å². The molecule has 2 heterocycles. The molecule has 212 valence electrons. The Balaban J connectivity index is 1.19. The first-order valence-corrected chi connectivity index (χ1v) is 14.7. The number of rotatable bonds is 6. The van der Waals surface area contributed by atoms with Gasteiger partial charge in [0, 0.05) is 31.1 Å². The molecule has 1 amide bonds. The minimum atomic E-state index is -0.231. The molecule has 6 rings (SSSR count). The average Bonchev–Trinajstić information content (AvgIpc) is 3.37. The lowest BCUT2D eigenvalue weighted by Crippen LogP contribution is -2.38. The molecule has 5 heteroatoms. The van der Waals surface area contributed by atoms with E-state index < -0.39 is 0 Å². The van der Waals surface area contributed by atoms with Crippen molar-refractivity contribution < 1.29 is 9.18 Å². The van der Waals surface area contributed by atoms with Crippen LogP contribution in [0.25, 0.3) is 16.6 Å². The largest absolute Gasteiger partial charge is 0.339 e. The zero-order valence-electron chi connectivity index (χ0n) is 24.5. The number of para-hydroxylation sites is 2. The first kappa shape index (κ1) is 27.6. The van der Waals surface area contributed by atoms with Crippen molar-refractivity contribution in [2.24, 2.45) is 0 Å². The number of nitrogens with zero attached hydrogens (tertiary/aromatic N) is 3. The van der Waals surface area contributed by atoms with Gasteiger partial charge in [0.05, 0.1) is 11.0 Å². The Morgan fingerprint density at radius 2 is 1.64 bits per heavy atom. The number of carbonyl (C=O) groups is 1. The molecule has 0 spiro atoms. The normalized spacial score (nSPS) is 14.5. The van der Waals surface area contributed by atoms with E-state index in [1.165, 1.54) is 22.8 Å². The van der Waals surface area contributed by atoms with Gasteiger partial charge in [-0.05, 0) is 97.8 Å². The first-order chi connectivity index (χ1) is 20.4. The monoisotopic (exact) mass is 557 g/mol. The van der Waals surface area contributed by atoms with Gasteiger partial charge in [-0.2, -0.15) is 0 Å². The molecule has 1 saturated heterocycles. The molecule has 4 aromatic carbocycles. The third-order valence-electron chi connectivity index (χ3n) is 8.48. The molecule has 0 unspecified atom stereocenters. The fraction of sp³-hybridized carbons (Fsp3) is 0.243. The van der Waals surface area contributed by atoms with E-state index in [0.29, 0.717) is 19.6 Å². The van der Waals surface area contributed by atoms with E-state index in [4.69, 9.17) is 4.98 Å². The minimum Gasteiger partial charge on any atom is -0.339 e. The Labute approximate surface area is 247 Å². The first-order valence-electron chi connectivity index (χ1n) is 14.7. The van der Waals surface area contributed by atoms with Crippen LogP contribution in [0.3, 0.4) is 0 Å². The van der Waals surface area contributed by atoms with Gasteiger partial charge in [-0.15, -0.1) is 0 Å². The molecule has 1 aliphatic rings. The maximum absolute atomic E-state index is 14.0. The van der Waals surface area contributed by atoms with Crippen LogP contribution in [0.5, 0.6) is 0 Å². The minimum absolute atomic E-state index is 0.0775. The summed E-state index contributed by atoms with van der Waals surface area (Å²) in [5.74, 6) is 1.09. The van der Waals surface area contributed by atoms with Crippen molar-refractivity contribution in [3.05, 3.63) is 142 Å². The Kier molecular flexibility index (Phi) is 7.75. The highest BCUT2D eigenvalue weighted by atomic mass is 19.1. The molecule has 0 saturated carbocycles. The molecular formula is C37H36FN3O. The van der Waals surface area contributed by atoms with Crippen LogP contribution in [-0.2, 0) is 6.54 Å². The molecule has 42 heavy (non-hydrogen) atoms. The number of hydrogen-bond donors (Lipinski definition) is 0. The summed E-state index contributed by atoms with van der Waals surface area (Å²) < 4.78 is 16.2. The lowest BCUT2D eigenvalue weighted by molar-refractivity contribution is 0.0710. The quantitative estimate of drug-likeness (QED) is 0.211. The smallest absolute Gasteiger partial charge is 0.253 e. The van der Waals surface area contributed by atoms with E-state index in [-0.39, 0.29) is 17.6 Å². The van der Waals surface area contributed by atoms with Crippen LogP contribution in [0.2, 0.25) is 0 Å². The van der Waals surface area contributed by atoms with Crippen molar-refractivity contribution in [3.63, 3.8) is 0 Å². The number of hydrogen-bond acceptors (Lipinski definition) is 2. The number of amides is 1. The van der Waals surface area contributed by atoms with Crippen LogP contribution < -0.4 is 0 Å². The van der Waals surface area contributed by atoms with Gasteiger partial charge in [0.2, 0.25) is 0 Å². The van der Waals surface area contributed by atoms with Crippen LogP contribution >= 0.6 is 0 Å². The van der Waals surface area contributed by atoms with Crippen LogP contribution in [0.15, 0.2) is 97.1 Å². The zero-order valence-corrected chi connectivity index (χ0v) is 24.5. The summed E-state index contributed by atoms with van der Waals surface area (Å²) in [4.78, 5) is 20.6. The second-order valence-electron chi connectivity index (χ2n) is 11.3. The van der Waals surface area contributed by atoms with Crippen molar-refractivity contribution in [1.29, 1.82) is 0 Å². The van der Waals surface area contributed by atoms with Crippen molar-refractivity contribution in [2.75, 3.05) is 13.1 Å². The summed E-state index contributed by atoms with van der Waals surface area (Å²) in [6.07, 6.45) is 3.82. The summed E-state index contributed by atoms with van der Waals surface area (Å²) in [7, 11) is 0. The van der Waals surface area contributed by atoms with Gasteiger partial charge in [-0.25, -0.2) is 9.37 Å². The lowest BCUT2D eigenvalue weighted by Gasteiger charge is -2.32. The summed E-state index contributed by atoms with van der Waals surface area (Å²) in [5, 5.41) is 0. The second kappa shape index (κ2) is 11.8. The fourth-order valence-electron chi connectivity index (χ4n) is 6.22. The maximum atomic E-state index is 14.0. The van der Waals surface area contributed by atoms with Crippen molar-refractivity contribution in [2.45, 2.75) is 46.1 Å². The molecule has 0 radical (unpaired) electrons. The number of fused-ring (bicyclic) bond motifs is 1. The van der Waals surface area contributed by atoms with E-state index in [0.717, 1.165) is 52.0 Å². The molecule has 0 N–H and O–H groups in total. The van der Waals surface area contributed by atoms with E-state index >= 15 is 0 Å². The fourth-order valence-corrected chi connectivity index (χ4v) is 6.22. The second-order valence-corrected chi connectivity index (χ2v) is 11.3. The number of aromatic nitrogens is 2. The molecule has 4 nitrogen and oxygen atoms in total. The molecule has 1 aliphatic heterocycles. The molecule has 1 aromatic heterocycles. The third kappa shape index (κ3) is 5.52. The van der Waals surface area contributed by atoms with Gasteiger partial charge in [0.1, 0.15) is 11.6 Å². The topological polar surface area (TPSA) is 38.1 Å². The average molecular weight is 558 g/mol. The van der Waals surface area contributed by atoms with Gasteiger partial charge in [0.15, 0.2) is 0 Å². The van der Waals surface area contributed by atoms with Crippen LogP contribution in [0.4, 0.5) is 4.39 Å². The van der Waals surface area contributed by atoms with Gasteiger partial charge in [-0.3, -0.25) is 4.79 Å². The number of allylic oxidation sites excluding steroid dienone is 1. The number of piperidine rings is 1. The highest BCUT2D eigenvalue weighted by molar-refractivity contribution is 5.95. The van der Waals surface area contributed by atoms with Crippen LogP contribution in [-0.4, -0.2) is 33.4 Å². The highest BCUT2D eigenvalue weighted by Gasteiger charge is 2.28. The number of benzene rings is 4. The number of imidazole rings is 1. The zero-order chi connectivity index (χ0) is 29.2. The summed E-state index contributed by atoms with van der Waals surface area (Å²) in [6.45, 7) is 8.16. The molecule has 0 aliphatic carbocycles. The molecule has 5 aromatic rings. The molecular weight excluding hydrogens is 521 g/mol. The number of halogens is 1. The summed E-state index contributed by atoms with van der Waals surface area (Å²) in [6, 6.07) is 29.5. The third-order valence-corrected chi connectivity index (χ3v) is 8.48. The van der Waals surface area contributed by atoms with Crippen LogP contribution in [0.1, 0.15) is 69.7 Å².